The SMILES string of the molecule is c1ccc(-c2c3ccccc3c(-c3cccc4c3-c3ccc5ccccc5c3C43C4CC5CC(C4)CC3C5)c3ccccc23)cc1. The molecule has 12 rings (SSSR count). The van der Waals surface area contributed by atoms with E-state index in [4.69, 9.17) is 0 Å². The molecule has 46 heavy (non-hydrogen) atoms. The summed E-state index contributed by atoms with van der Waals surface area (Å²) in [6, 6.07) is 50.9. The quantitative estimate of drug-likeness (QED) is 0.176. The van der Waals surface area contributed by atoms with Gasteiger partial charge < -0.3 is 0 Å². The van der Waals surface area contributed by atoms with Gasteiger partial charge in [0.05, 0.1) is 0 Å². The largest absolute Gasteiger partial charge is 0.0622 e. The number of benzene rings is 7. The summed E-state index contributed by atoms with van der Waals surface area (Å²) in [4.78, 5) is 0. The van der Waals surface area contributed by atoms with Gasteiger partial charge in [-0.25, -0.2) is 0 Å². The normalized spacial score (nSPS) is 25.5. The van der Waals surface area contributed by atoms with Crippen LogP contribution in [0.25, 0.3) is 65.7 Å². The lowest BCUT2D eigenvalue weighted by Gasteiger charge is -2.61. The second-order valence-electron chi connectivity index (χ2n) is 14.8. The van der Waals surface area contributed by atoms with Crippen LogP contribution in [0.3, 0.4) is 0 Å². The van der Waals surface area contributed by atoms with Crippen molar-refractivity contribution in [3.05, 3.63) is 145 Å². The molecular formula is C46H36. The Bertz CT molecular complexity index is 2290. The molecule has 4 fully saturated rings. The van der Waals surface area contributed by atoms with Gasteiger partial charge in [-0.3, -0.25) is 0 Å². The molecular weight excluding hydrogens is 553 g/mol. The van der Waals surface area contributed by atoms with Crippen molar-refractivity contribution in [2.24, 2.45) is 23.7 Å². The molecule has 0 atom stereocenters. The van der Waals surface area contributed by atoms with E-state index in [0.29, 0.717) is 0 Å². The van der Waals surface area contributed by atoms with Gasteiger partial charge in [0.1, 0.15) is 0 Å². The van der Waals surface area contributed by atoms with Crippen LogP contribution < -0.4 is 0 Å². The molecule has 5 aliphatic rings. The van der Waals surface area contributed by atoms with Gasteiger partial charge in [-0.15, -0.1) is 0 Å². The van der Waals surface area contributed by atoms with Gasteiger partial charge in [0.15, 0.2) is 0 Å². The maximum atomic E-state index is 2.55. The molecule has 0 saturated heterocycles. The van der Waals surface area contributed by atoms with Gasteiger partial charge in [0, 0.05) is 5.41 Å². The summed E-state index contributed by atoms with van der Waals surface area (Å²) >= 11 is 0. The van der Waals surface area contributed by atoms with Crippen molar-refractivity contribution >= 4 is 32.3 Å². The highest BCUT2D eigenvalue weighted by Crippen LogP contribution is 2.71. The summed E-state index contributed by atoms with van der Waals surface area (Å²) < 4.78 is 0. The first kappa shape index (κ1) is 25.5. The van der Waals surface area contributed by atoms with Crippen LogP contribution >= 0.6 is 0 Å². The minimum absolute atomic E-state index is 0.116. The van der Waals surface area contributed by atoms with E-state index in [1.165, 1.54) is 97.8 Å². The van der Waals surface area contributed by atoms with Crippen LogP contribution in [-0.2, 0) is 5.41 Å². The molecule has 0 N–H and O–H groups in total. The Labute approximate surface area is 270 Å². The topological polar surface area (TPSA) is 0 Å². The van der Waals surface area contributed by atoms with Crippen molar-refractivity contribution in [2.75, 3.05) is 0 Å². The molecule has 0 heterocycles. The Morgan fingerprint density at radius 3 is 1.61 bits per heavy atom. The van der Waals surface area contributed by atoms with Crippen LogP contribution in [0, 0.1) is 23.7 Å². The summed E-state index contributed by atoms with van der Waals surface area (Å²) in [5, 5.41) is 8.25. The minimum atomic E-state index is 0.116. The molecule has 0 radical (unpaired) electrons. The van der Waals surface area contributed by atoms with Crippen molar-refractivity contribution in [1.29, 1.82) is 0 Å². The Kier molecular flexibility index (Phi) is 5.10. The molecule has 220 valence electrons. The van der Waals surface area contributed by atoms with Crippen LogP contribution in [0.2, 0.25) is 0 Å². The second-order valence-corrected chi connectivity index (χ2v) is 14.8. The molecule has 7 aromatic rings. The van der Waals surface area contributed by atoms with E-state index in [1.54, 1.807) is 11.1 Å². The molecule has 0 unspecified atom stereocenters. The van der Waals surface area contributed by atoms with Crippen molar-refractivity contribution in [1.82, 2.24) is 0 Å². The van der Waals surface area contributed by atoms with Crippen LogP contribution in [0.15, 0.2) is 133 Å². The number of hydrogen-bond donors (Lipinski definition) is 0. The zero-order valence-corrected chi connectivity index (χ0v) is 26.0. The molecule has 0 aromatic heterocycles. The highest BCUT2D eigenvalue weighted by molar-refractivity contribution is 6.23. The lowest BCUT2D eigenvalue weighted by molar-refractivity contribution is -0.0393. The van der Waals surface area contributed by atoms with Crippen LogP contribution in [0.4, 0.5) is 0 Å². The summed E-state index contributed by atoms with van der Waals surface area (Å²) in [5.74, 6) is 3.33. The lowest BCUT2D eigenvalue weighted by atomic mass is 9.43. The zero-order valence-electron chi connectivity index (χ0n) is 26.0. The van der Waals surface area contributed by atoms with Crippen molar-refractivity contribution in [2.45, 2.75) is 37.5 Å². The first-order valence-corrected chi connectivity index (χ1v) is 17.5. The van der Waals surface area contributed by atoms with E-state index in [-0.39, 0.29) is 5.41 Å². The summed E-state index contributed by atoms with van der Waals surface area (Å²) in [6.45, 7) is 0. The highest BCUT2D eigenvalue weighted by atomic mass is 14.6. The number of fused-ring (bicyclic) bond motifs is 7. The smallest absolute Gasteiger partial charge is 0.0278 e. The number of hydrogen-bond acceptors (Lipinski definition) is 0. The molecule has 0 nitrogen and oxygen atoms in total. The van der Waals surface area contributed by atoms with Crippen molar-refractivity contribution < 1.29 is 0 Å². The number of rotatable bonds is 2. The van der Waals surface area contributed by atoms with E-state index in [2.05, 4.69) is 133 Å². The fourth-order valence-corrected chi connectivity index (χ4v) is 11.6. The third-order valence-corrected chi connectivity index (χ3v) is 12.8. The summed E-state index contributed by atoms with van der Waals surface area (Å²) in [5.41, 5.74) is 11.8. The predicted molar refractivity (Wildman–Crippen MR) is 193 cm³/mol. The predicted octanol–water partition coefficient (Wildman–Crippen LogP) is 12.2. The van der Waals surface area contributed by atoms with E-state index >= 15 is 0 Å². The minimum Gasteiger partial charge on any atom is -0.0622 e. The molecule has 4 bridgehead atoms. The van der Waals surface area contributed by atoms with Gasteiger partial charge >= 0.3 is 0 Å². The first-order chi connectivity index (χ1) is 22.8. The van der Waals surface area contributed by atoms with Gasteiger partial charge in [-0.05, 0) is 133 Å². The molecule has 1 spiro atoms. The Hall–Kier alpha value is -4.68. The van der Waals surface area contributed by atoms with Gasteiger partial charge in [0.25, 0.3) is 0 Å². The van der Waals surface area contributed by atoms with Crippen LogP contribution in [0.1, 0.15) is 43.2 Å². The van der Waals surface area contributed by atoms with Gasteiger partial charge in [0.2, 0.25) is 0 Å². The van der Waals surface area contributed by atoms with Gasteiger partial charge in [-0.1, -0.05) is 133 Å². The van der Waals surface area contributed by atoms with E-state index in [0.717, 1.165) is 23.7 Å². The Morgan fingerprint density at radius 1 is 0.391 bits per heavy atom. The maximum Gasteiger partial charge on any atom is 0.0278 e. The monoisotopic (exact) mass is 588 g/mol. The molecule has 0 aliphatic heterocycles. The van der Waals surface area contributed by atoms with Crippen molar-refractivity contribution in [3.63, 3.8) is 0 Å². The lowest BCUT2D eigenvalue weighted by Crippen LogP contribution is -2.55. The van der Waals surface area contributed by atoms with E-state index in [9.17, 15) is 0 Å². The van der Waals surface area contributed by atoms with Crippen LogP contribution in [0.5, 0.6) is 0 Å². The molecule has 5 aliphatic carbocycles. The van der Waals surface area contributed by atoms with Gasteiger partial charge in [-0.2, -0.15) is 0 Å². The molecule has 0 heteroatoms. The molecule has 4 saturated carbocycles. The average Bonchev–Trinajstić information content (AvgIpc) is 3.41. The standard InChI is InChI=1S/C46H36/c1-2-12-31(13-3-1)42-35-15-6-8-17-37(35)43(38-18-9-7-16-36(38)42)39-19-10-20-41-44(39)40-22-21-30-11-4-5-14-34(30)45(40)46(41)32-24-28-23-29(26-32)27-33(46)25-28/h1-22,28-29,32-33H,23-27H2. The van der Waals surface area contributed by atoms with E-state index in [1.807, 2.05) is 0 Å². The fourth-order valence-electron chi connectivity index (χ4n) is 11.6. The third-order valence-electron chi connectivity index (χ3n) is 12.8. The van der Waals surface area contributed by atoms with Crippen LogP contribution in [-0.4, -0.2) is 0 Å². The second kappa shape index (κ2) is 9.20. The highest BCUT2D eigenvalue weighted by Gasteiger charge is 2.62. The van der Waals surface area contributed by atoms with Crippen molar-refractivity contribution in [3.8, 4) is 33.4 Å². The Balaban J connectivity index is 1.29. The summed E-state index contributed by atoms with van der Waals surface area (Å²) in [7, 11) is 0. The first-order valence-electron chi connectivity index (χ1n) is 17.5. The maximum absolute atomic E-state index is 2.55. The Morgan fingerprint density at radius 2 is 0.957 bits per heavy atom. The zero-order chi connectivity index (χ0) is 30.0. The summed E-state index contributed by atoms with van der Waals surface area (Å²) in [6.07, 6.45) is 7.08. The third kappa shape index (κ3) is 3.15. The molecule has 0 amide bonds. The average molecular weight is 589 g/mol. The fraction of sp³-hybridized carbons (Fsp3) is 0.217. The molecule has 7 aromatic carbocycles. The van der Waals surface area contributed by atoms with E-state index < -0.39 is 0 Å².